The van der Waals surface area contributed by atoms with Crippen LogP contribution in [0.4, 0.5) is 0 Å². The summed E-state index contributed by atoms with van der Waals surface area (Å²) in [6.45, 7) is 0. The average Bonchev–Trinajstić information content (AvgIpc) is 2.71. The minimum Gasteiger partial charge on any atom is -0.474 e. The molecule has 0 saturated heterocycles. The van der Waals surface area contributed by atoms with Gasteiger partial charge in [-0.2, -0.15) is 5.10 Å². The lowest BCUT2D eigenvalue weighted by Crippen LogP contribution is -2.24. The highest BCUT2D eigenvalue weighted by molar-refractivity contribution is 5.94. The van der Waals surface area contributed by atoms with Gasteiger partial charge in [0.1, 0.15) is 11.7 Å². The number of hydrogen-bond donors (Lipinski definition) is 1. The van der Waals surface area contributed by atoms with Crippen molar-refractivity contribution in [2.45, 2.75) is 31.4 Å². The third kappa shape index (κ3) is 0.893. The maximum Gasteiger partial charge on any atom is 0.255 e. The number of ether oxygens (including phenoxy) is 1. The molecule has 1 aromatic heterocycles. The standard InChI is InChI=1S/C9H11N3O2/c10-8(13)7-4-11-12-5-1-2-6(3-5)14-9(7)12/h4-6H,1-3H2,(H2,10,13). The minimum atomic E-state index is -0.465. The topological polar surface area (TPSA) is 70.1 Å². The Kier molecular flexibility index (Phi) is 1.40. The second-order valence-electron chi connectivity index (χ2n) is 3.88. The number of nitrogens with two attached hydrogens (primary N) is 1. The van der Waals surface area contributed by atoms with E-state index in [1.54, 1.807) is 4.68 Å². The number of aromatic nitrogens is 2. The van der Waals surface area contributed by atoms with Gasteiger partial charge in [0.2, 0.25) is 5.88 Å². The van der Waals surface area contributed by atoms with Crippen LogP contribution in [0.1, 0.15) is 35.7 Å². The maximum atomic E-state index is 11.1. The van der Waals surface area contributed by atoms with Crippen LogP contribution in [0.15, 0.2) is 6.20 Å². The van der Waals surface area contributed by atoms with E-state index in [1.165, 1.54) is 6.20 Å². The van der Waals surface area contributed by atoms with E-state index in [1.807, 2.05) is 0 Å². The van der Waals surface area contributed by atoms with E-state index in [0.717, 1.165) is 19.3 Å². The number of primary amides is 1. The number of carbonyl (C=O) groups excluding carboxylic acids is 1. The largest absolute Gasteiger partial charge is 0.474 e. The van der Waals surface area contributed by atoms with Crippen molar-refractivity contribution in [1.29, 1.82) is 0 Å². The maximum absolute atomic E-state index is 11.1. The van der Waals surface area contributed by atoms with Crippen molar-refractivity contribution < 1.29 is 9.53 Å². The Bertz CT molecular complexity index is 399. The molecule has 2 aliphatic rings. The molecule has 1 amide bonds. The van der Waals surface area contributed by atoms with Crippen LogP contribution in [-0.2, 0) is 0 Å². The highest BCUT2D eigenvalue weighted by Gasteiger charge is 2.37. The van der Waals surface area contributed by atoms with Crippen molar-refractivity contribution in [1.82, 2.24) is 9.78 Å². The number of rotatable bonds is 1. The van der Waals surface area contributed by atoms with Gasteiger partial charge in [0.15, 0.2) is 0 Å². The van der Waals surface area contributed by atoms with Crippen LogP contribution in [0.5, 0.6) is 5.88 Å². The Hall–Kier alpha value is -1.52. The Balaban J connectivity index is 2.11. The van der Waals surface area contributed by atoms with E-state index in [4.69, 9.17) is 10.5 Å². The highest BCUT2D eigenvalue weighted by atomic mass is 16.5. The van der Waals surface area contributed by atoms with Crippen LogP contribution in [0, 0.1) is 0 Å². The molecule has 0 radical (unpaired) electrons. The molecule has 1 saturated carbocycles. The number of hydrogen-bond acceptors (Lipinski definition) is 3. The van der Waals surface area contributed by atoms with Crippen molar-refractivity contribution in [2.24, 2.45) is 5.73 Å². The first kappa shape index (κ1) is 7.84. The Morgan fingerprint density at radius 3 is 3.29 bits per heavy atom. The van der Waals surface area contributed by atoms with Gasteiger partial charge in [-0.05, 0) is 12.8 Å². The van der Waals surface area contributed by atoms with E-state index in [0.29, 0.717) is 17.5 Å². The Morgan fingerprint density at radius 2 is 2.50 bits per heavy atom. The Morgan fingerprint density at radius 1 is 1.64 bits per heavy atom. The molecular formula is C9H11N3O2. The smallest absolute Gasteiger partial charge is 0.255 e. The fraction of sp³-hybridized carbons (Fsp3) is 0.556. The number of nitrogens with zero attached hydrogens (tertiary/aromatic N) is 2. The predicted octanol–water partition coefficient (Wildman–Crippen LogP) is 0.468. The fourth-order valence-electron chi connectivity index (χ4n) is 2.30. The lowest BCUT2D eigenvalue weighted by atomic mass is 10.2. The lowest BCUT2D eigenvalue weighted by molar-refractivity contribution is 0.0985. The summed E-state index contributed by atoms with van der Waals surface area (Å²) in [7, 11) is 0. The van der Waals surface area contributed by atoms with Crippen molar-refractivity contribution in [3.63, 3.8) is 0 Å². The molecule has 3 rings (SSSR count). The van der Waals surface area contributed by atoms with Crippen LogP contribution in [0.25, 0.3) is 0 Å². The molecule has 2 bridgehead atoms. The highest BCUT2D eigenvalue weighted by Crippen LogP contribution is 2.40. The molecule has 1 fully saturated rings. The summed E-state index contributed by atoms with van der Waals surface area (Å²) in [5.41, 5.74) is 5.63. The van der Waals surface area contributed by atoms with Crippen molar-refractivity contribution in [3.05, 3.63) is 11.8 Å². The zero-order chi connectivity index (χ0) is 9.71. The normalized spacial score (nSPS) is 28.3. The lowest BCUT2D eigenvalue weighted by Gasteiger charge is -2.22. The molecule has 1 aromatic rings. The van der Waals surface area contributed by atoms with E-state index >= 15 is 0 Å². The first-order valence-electron chi connectivity index (χ1n) is 4.79. The van der Waals surface area contributed by atoms with Crippen LogP contribution in [-0.4, -0.2) is 21.8 Å². The number of carbonyl (C=O) groups is 1. The summed E-state index contributed by atoms with van der Waals surface area (Å²) in [5.74, 6) is 0.101. The summed E-state index contributed by atoms with van der Waals surface area (Å²) >= 11 is 0. The van der Waals surface area contributed by atoms with Crippen LogP contribution >= 0.6 is 0 Å². The monoisotopic (exact) mass is 193 g/mol. The third-order valence-electron chi connectivity index (χ3n) is 3.00. The SMILES string of the molecule is NC(=O)c1cnn2c1OC1CCC2C1. The van der Waals surface area contributed by atoms with Gasteiger partial charge in [-0.1, -0.05) is 0 Å². The zero-order valence-corrected chi connectivity index (χ0v) is 7.64. The molecule has 1 aliphatic heterocycles. The van der Waals surface area contributed by atoms with Gasteiger partial charge >= 0.3 is 0 Å². The molecule has 0 aromatic carbocycles. The molecule has 74 valence electrons. The summed E-state index contributed by atoms with van der Waals surface area (Å²) in [6, 6.07) is 0.400. The zero-order valence-electron chi connectivity index (χ0n) is 7.64. The minimum absolute atomic E-state index is 0.252. The number of fused-ring (bicyclic) bond motifs is 4. The molecule has 2 atom stereocenters. The van der Waals surface area contributed by atoms with Crippen molar-refractivity contribution >= 4 is 5.91 Å². The second kappa shape index (κ2) is 2.50. The average molecular weight is 193 g/mol. The van der Waals surface area contributed by atoms with Crippen LogP contribution in [0.3, 0.4) is 0 Å². The molecule has 0 spiro atoms. The van der Waals surface area contributed by atoms with E-state index in [9.17, 15) is 4.79 Å². The fourth-order valence-corrected chi connectivity index (χ4v) is 2.30. The van der Waals surface area contributed by atoms with Gasteiger partial charge in [0.25, 0.3) is 5.91 Å². The molecule has 5 nitrogen and oxygen atoms in total. The second-order valence-corrected chi connectivity index (χ2v) is 3.88. The molecule has 1 aliphatic carbocycles. The molecular weight excluding hydrogens is 182 g/mol. The first-order chi connectivity index (χ1) is 6.75. The van der Waals surface area contributed by atoms with Crippen molar-refractivity contribution in [2.75, 3.05) is 0 Å². The quantitative estimate of drug-likeness (QED) is 0.704. The van der Waals surface area contributed by atoms with Gasteiger partial charge in [0, 0.05) is 6.42 Å². The van der Waals surface area contributed by atoms with Gasteiger partial charge in [-0.3, -0.25) is 4.79 Å². The van der Waals surface area contributed by atoms with Crippen molar-refractivity contribution in [3.8, 4) is 5.88 Å². The first-order valence-corrected chi connectivity index (χ1v) is 4.79. The Labute approximate surface area is 80.8 Å². The van der Waals surface area contributed by atoms with E-state index < -0.39 is 5.91 Å². The summed E-state index contributed by atoms with van der Waals surface area (Å²) in [6.07, 6.45) is 4.89. The van der Waals surface area contributed by atoms with Gasteiger partial charge in [-0.25, -0.2) is 4.68 Å². The van der Waals surface area contributed by atoms with Crippen LogP contribution in [0.2, 0.25) is 0 Å². The summed E-state index contributed by atoms with van der Waals surface area (Å²) < 4.78 is 7.45. The van der Waals surface area contributed by atoms with Crippen LogP contribution < -0.4 is 10.5 Å². The molecule has 2 unspecified atom stereocenters. The molecule has 14 heavy (non-hydrogen) atoms. The van der Waals surface area contributed by atoms with E-state index in [-0.39, 0.29) is 6.10 Å². The summed E-state index contributed by atoms with van der Waals surface area (Å²) in [4.78, 5) is 11.1. The van der Waals surface area contributed by atoms with Gasteiger partial charge < -0.3 is 10.5 Å². The third-order valence-corrected chi connectivity index (χ3v) is 3.00. The predicted molar refractivity (Wildman–Crippen MR) is 48.0 cm³/mol. The van der Waals surface area contributed by atoms with E-state index in [2.05, 4.69) is 5.10 Å². The van der Waals surface area contributed by atoms with Gasteiger partial charge in [-0.15, -0.1) is 0 Å². The molecule has 2 N–H and O–H groups in total. The summed E-state index contributed by atoms with van der Waals surface area (Å²) in [5, 5.41) is 4.15. The molecule has 5 heteroatoms. The number of amides is 1. The molecule has 2 heterocycles. The van der Waals surface area contributed by atoms with Gasteiger partial charge in [0.05, 0.1) is 12.2 Å².